The summed E-state index contributed by atoms with van der Waals surface area (Å²) < 4.78 is 27.6. The van der Waals surface area contributed by atoms with Crippen molar-refractivity contribution >= 4 is 33.0 Å². The highest BCUT2D eigenvalue weighted by Gasteiger charge is 2.27. The first-order valence-electron chi connectivity index (χ1n) is 14.3. The molecule has 0 aliphatic rings. The number of pyridine rings is 1. The second-order valence-corrected chi connectivity index (χ2v) is 12.5. The fourth-order valence-corrected chi connectivity index (χ4v) is 6.53. The van der Waals surface area contributed by atoms with Gasteiger partial charge in [0.05, 0.1) is 11.4 Å². The molecule has 4 heterocycles. The molecule has 5 aromatic rings. The van der Waals surface area contributed by atoms with Gasteiger partial charge in [0.15, 0.2) is 9.84 Å². The van der Waals surface area contributed by atoms with Crippen LogP contribution in [0.2, 0.25) is 0 Å². The van der Waals surface area contributed by atoms with Crippen molar-refractivity contribution < 1.29 is 13.2 Å². The van der Waals surface area contributed by atoms with Crippen molar-refractivity contribution in [2.75, 3.05) is 24.3 Å². The lowest BCUT2D eigenvalue weighted by atomic mass is 10.0. The minimum atomic E-state index is -3.72. The Labute approximate surface area is 250 Å². The Bertz CT molecular complexity index is 1850. The van der Waals surface area contributed by atoms with Gasteiger partial charge in [-0.3, -0.25) is 19.3 Å². The molecular formula is C31H36N8O3S. The average Bonchev–Trinajstić information content (AvgIpc) is 3.63. The van der Waals surface area contributed by atoms with E-state index in [-0.39, 0.29) is 28.5 Å². The van der Waals surface area contributed by atoms with E-state index in [2.05, 4.69) is 15.2 Å². The van der Waals surface area contributed by atoms with Crippen LogP contribution in [0.4, 0.5) is 11.6 Å². The average molecular weight is 601 g/mol. The molecule has 0 fully saturated rings. The number of carbonyl (C=O) groups is 1. The number of aromatic amines is 1. The summed E-state index contributed by atoms with van der Waals surface area (Å²) in [6.07, 6.45) is 6.85. The number of nitrogens with zero attached hydrogens (tertiary/aromatic N) is 5. The highest BCUT2D eigenvalue weighted by molar-refractivity contribution is 7.91. The van der Waals surface area contributed by atoms with E-state index in [0.29, 0.717) is 42.8 Å². The molecule has 0 saturated carbocycles. The number of nitrogens with two attached hydrogens (primary N) is 2. The van der Waals surface area contributed by atoms with Crippen molar-refractivity contribution in [1.82, 2.24) is 29.5 Å². The minimum Gasteiger partial charge on any atom is -0.384 e. The number of anilines is 2. The molecule has 5 rings (SSSR count). The molecule has 224 valence electrons. The zero-order valence-corrected chi connectivity index (χ0v) is 25.3. The van der Waals surface area contributed by atoms with Crippen LogP contribution in [0, 0.1) is 0 Å². The number of benzene rings is 1. The van der Waals surface area contributed by atoms with Crippen LogP contribution in [0.15, 0.2) is 71.9 Å². The number of nitrogen functional groups attached to an aromatic ring is 2. The van der Waals surface area contributed by atoms with Crippen LogP contribution < -0.4 is 11.5 Å². The maximum Gasteiger partial charge on any atom is 0.272 e. The minimum absolute atomic E-state index is 0.00395. The predicted molar refractivity (Wildman–Crippen MR) is 168 cm³/mol. The van der Waals surface area contributed by atoms with Gasteiger partial charge < -0.3 is 16.4 Å². The molecule has 11 nitrogen and oxygen atoms in total. The van der Waals surface area contributed by atoms with Crippen molar-refractivity contribution in [2.24, 2.45) is 0 Å². The van der Waals surface area contributed by atoms with Gasteiger partial charge in [-0.25, -0.2) is 13.4 Å². The summed E-state index contributed by atoms with van der Waals surface area (Å²) in [6.45, 7) is 4.53. The van der Waals surface area contributed by atoms with Crippen LogP contribution in [0.3, 0.4) is 0 Å². The third-order valence-electron chi connectivity index (χ3n) is 7.55. The molecule has 5 N–H and O–H groups in total. The lowest BCUT2D eigenvalue weighted by Crippen LogP contribution is -2.41. The first-order valence-corrected chi connectivity index (χ1v) is 16.1. The lowest BCUT2D eigenvalue weighted by molar-refractivity contribution is 0.0656. The molecule has 1 atom stereocenters. The number of hydrogen-bond acceptors (Lipinski definition) is 8. The largest absolute Gasteiger partial charge is 0.384 e. The van der Waals surface area contributed by atoms with Crippen molar-refractivity contribution in [3.63, 3.8) is 0 Å². The summed E-state index contributed by atoms with van der Waals surface area (Å²) in [5, 5.41) is 6.60. The summed E-state index contributed by atoms with van der Waals surface area (Å²) in [5.74, 6) is 0.140. The molecule has 0 bridgehead atoms. The fourth-order valence-electron chi connectivity index (χ4n) is 5.48. The summed E-state index contributed by atoms with van der Waals surface area (Å²) in [4.78, 5) is 24.7. The highest BCUT2D eigenvalue weighted by Crippen LogP contribution is 2.32. The Morgan fingerprint density at radius 3 is 2.44 bits per heavy atom. The van der Waals surface area contributed by atoms with E-state index in [1.807, 2.05) is 62.4 Å². The molecule has 0 radical (unpaired) electrons. The smallest absolute Gasteiger partial charge is 0.272 e. The van der Waals surface area contributed by atoms with Gasteiger partial charge in [0.25, 0.3) is 5.91 Å². The van der Waals surface area contributed by atoms with Gasteiger partial charge in [-0.1, -0.05) is 50.2 Å². The number of amides is 1. The maximum absolute atomic E-state index is 13.4. The standard InChI is InChI=1S/C31H36N8O3S/c1-4-16-38(31(40)26-18-27(32)37-36-26)22(5-2)12-14-25-28(43(3,41)42)29(33)39-17-15-23(30(39)35-25)21-11-13-24(34-19-21)20-9-7-6-8-10-20/h6-11,13,15,17-19,22H,4-5,12,14,16,33H2,1-3H3,(H3,32,36,37)/t22-/m1/s1. The number of aromatic nitrogens is 5. The SMILES string of the molecule is CCCN(C(=O)c1cc(N)n[nH]1)[C@H](CC)CCc1nc2c(-c3ccc(-c4ccccc4)nc3)ccn2c(N)c1S(C)(=O)=O. The summed E-state index contributed by atoms with van der Waals surface area (Å²) in [6, 6.07) is 17.0. The van der Waals surface area contributed by atoms with E-state index >= 15 is 0 Å². The van der Waals surface area contributed by atoms with Gasteiger partial charge >= 0.3 is 0 Å². The van der Waals surface area contributed by atoms with E-state index in [1.165, 1.54) is 6.07 Å². The normalized spacial score (nSPS) is 12.4. The second kappa shape index (κ2) is 12.3. The van der Waals surface area contributed by atoms with E-state index in [9.17, 15) is 13.2 Å². The van der Waals surface area contributed by atoms with Crippen LogP contribution in [0.1, 0.15) is 49.3 Å². The maximum atomic E-state index is 13.4. The Morgan fingerprint density at radius 1 is 1.07 bits per heavy atom. The number of H-pyrrole nitrogens is 1. The lowest BCUT2D eigenvalue weighted by Gasteiger charge is -2.31. The van der Waals surface area contributed by atoms with Crippen LogP contribution >= 0.6 is 0 Å². The molecule has 0 spiro atoms. The monoisotopic (exact) mass is 600 g/mol. The van der Waals surface area contributed by atoms with Gasteiger partial charge in [-0.2, -0.15) is 5.10 Å². The van der Waals surface area contributed by atoms with Gasteiger partial charge in [0.1, 0.15) is 27.9 Å². The number of sulfone groups is 1. The van der Waals surface area contributed by atoms with Gasteiger partial charge in [-0.05, 0) is 37.8 Å². The van der Waals surface area contributed by atoms with E-state index in [4.69, 9.17) is 16.5 Å². The summed E-state index contributed by atoms with van der Waals surface area (Å²) >= 11 is 0. The van der Waals surface area contributed by atoms with Crippen molar-refractivity contribution in [3.05, 3.63) is 78.4 Å². The zero-order valence-electron chi connectivity index (χ0n) is 24.5. The van der Waals surface area contributed by atoms with E-state index in [0.717, 1.165) is 35.1 Å². The molecule has 4 aromatic heterocycles. The summed E-state index contributed by atoms with van der Waals surface area (Å²) in [7, 11) is -3.72. The molecule has 0 saturated heterocycles. The quantitative estimate of drug-likeness (QED) is 0.198. The molecule has 0 aliphatic carbocycles. The molecule has 43 heavy (non-hydrogen) atoms. The van der Waals surface area contributed by atoms with Crippen molar-refractivity contribution in [1.29, 1.82) is 0 Å². The Hall–Kier alpha value is -4.71. The second-order valence-electron chi connectivity index (χ2n) is 10.6. The first kappa shape index (κ1) is 29.8. The predicted octanol–water partition coefficient (Wildman–Crippen LogP) is 4.62. The van der Waals surface area contributed by atoms with Crippen LogP contribution in [0.5, 0.6) is 0 Å². The van der Waals surface area contributed by atoms with E-state index < -0.39 is 9.84 Å². The van der Waals surface area contributed by atoms with Crippen LogP contribution in [0.25, 0.3) is 28.0 Å². The third kappa shape index (κ3) is 6.09. The number of rotatable bonds is 11. The molecule has 12 heteroatoms. The zero-order chi connectivity index (χ0) is 30.7. The number of aryl methyl sites for hydroxylation is 1. The topological polar surface area (TPSA) is 165 Å². The van der Waals surface area contributed by atoms with E-state index in [1.54, 1.807) is 21.7 Å². The Morgan fingerprint density at radius 2 is 1.84 bits per heavy atom. The number of nitrogens with one attached hydrogen (secondary N) is 1. The highest BCUT2D eigenvalue weighted by atomic mass is 32.2. The van der Waals surface area contributed by atoms with Gasteiger partial charge in [0.2, 0.25) is 0 Å². The Kier molecular flexibility index (Phi) is 8.49. The summed E-state index contributed by atoms with van der Waals surface area (Å²) in [5.41, 5.74) is 16.9. The van der Waals surface area contributed by atoms with Crippen molar-refractivity contribution in [3.8, 4) is 22.4 Å². The van der Waals surface area contributed by atoms with Gasteiger partial charge in [-0.15, -0.1) is 0 Å². The van der Waals surface area contributed by atoms with Gasteiger partial charge in [0, 0.05) is 54.0 Å². The molecule has 1 aromatic carbocycles. The molecule has 0 aliphatic heterocycles. The molecule has 1 amide bonds. The number of fused-ring (bicyclic) bond motifs is 1. The molecule has 0 unspecified atom stereocenters. The first-order chi connectivity index (χ1) is 20.6. The Balaban J connectivity index is 1.50. The molecular weight excluding hydrogens is 564 g/mol. The van der Waals surface area contributed by atoms with Crippen LogP contribution in [-0.2, 0) is 16.3 Å². The van der Waals surface area contributed by atoms with Crippen LogP contribution in [-0.4, -0.2) is 62.6 Å². The van der Waals surface area contributed by atoms with Crippen molar-refractivity contribution in [2.45, 2.75) is 50.5 Å². The third-order valence-corrected chi connectivity index (χ3v) is 8.74. The number of carbonyl (C=O) groups excluding carboxylic acids is 1. The fraction of sp³-hybridized carbons (Fsp3) is 0.290. The number of hydrogen-bond donors (Lipinski definition) is 3.